The van der Waals surface area contributed by atoms with Crippen LogP contribution >= 0.6 is 0 Å². The summed E-state index contributed by atoms with van der Waals surface area (Å²) < 4.78 is 0. The van der Waals surface area contributed by atoms with Crippen molar-refractivity contribution >= 4 is 28.3 Å². The van der Waals surface area contributed by atoms with Crippen molar-refractivity contribution in [1.82, 2.24) is 5.32 Å². The number of nitrogens with one attached hydrogen (secondary N) is 1. The summed E-state index contributed by atoms with van der Waals surface area (Å²) >= 11 is 0. The molecule has 1 aliphatic rings. The number of carbonyl (C=O) groups excluding carboxylic acids is 2. The predicted molar refractivity (Wildman–Crippen MR) is 117 cm³/mol. The van der Waals surface area contributed by atoms with Crippen LogP contribution in [-0.2, 0) is 10.2 Å². The molecular formula is C25H26N2O2. The Kier molecular flexibility index (Phi) is 4.65. The summed E-state index contributed by atoms with van der Waals surface area (Å²) in [6.45, 7) is 8.51. The highest BCUT2D eigenvalue weighted by atomic mass is 16.2. The lowest BCUT2D eigenvalue weighted by atomic mass is 9.86. The zero-order chi connectivity index (χ0) is 20.8. The van der Waals surface area contributed by atoms with Gasteiger partial charge in [0, 0.05) is 10.9 Å². The van der Waals surface area contributed by atoms with Crippen LogP contribution in [-0.4, -0.2) is 18.4 Å². The normalized spacial score (nSPS) is 14.3. The molecule has 1 atom stereocenters. The number of carbonyl (C=O) groups is 2. The Labute approximate surface area is 171 Å². The summed E-state index contributed by atoms with van der Waals surface area (Å²) in [6.07, 6.45) is 0. The first kappa shape index (κ1) is 19.2. The van der Waals surface area contributed by atoms with Crippen LogP contribution in [0.15, 0.2) is 60.7 Å². The van der Waals surface area contributed by atoms with Gasteiger partial charge in [0.15, 0.2) is 0 Å². The minimum atomic E-state index is -0.171. The van der Waals surface area contributed by atoms with Crippen LogP contribution in [0.5, 0.6) is 0 Å². The molecule has 0 bridgehead atoms. The Morgan fingerprint density at radius 1 is 1.00 bits per heavy atom. The Morgan fingerprint density at radius 3 is 2.31 bits per heavy atom. The summed E-state index contributed by atoms with van der Waals surface area (Å²) in [5, 5.41) is 4.97. The molecule has 1 unspecified atom stereocenters. The molecule has 1 heterocycles. The van der Waals surface area contributed by atoms with Crippen molar-refractivity contribution in [3.63, 3.8) is 0 Å². The van der Waals surface area contributed by atoms with Crippen LogP contribution in [0.25, 0.3) is 10.8 Å². The van der Waals surface area contributed by atoms with E-state index in [2.05, 4.69) is 50.4 Å². The number of hydrogen-bond donors (Lipinski definition) is 1. The molecule has 29 heavy (non-hydrogen) atoms. The highest BCUT2D eigenvalue weighted by Crippen LogP contribution is 2.36. The third-order valence-corrected chi connectivity index (χ3v) is 5.60. The van der Waals surface area contributed by atoms with Gasteiger partial charge in [-0.2, -0.15) is 0 Å². The van der Waals surface area contributed by atoms with E-state index in [1.165, 1.54) is 5.56 Å². The van der Waals surface area contributed by atoms with Crippen molar-refractivity contribution in [2.75, 3.05) is 11.4 Å². The fourth-order valence-electron chi connectivity index (χ4n) is 3.92. The van der Waals surface area contributed by atoms with Gasteiger partial charge in [0.25, 0.3) is 5.91 Å². The lowest BCUT2D eigenvalue weighted by Gasteiger charge is -2.22. The first-order chi connectivity index (χ1) is 13.8. The molecule has 3 aromatic rings. The lowest BCUT2D eigenvalue weighted by molar-refractivity contribution is -0.120. The van der Waals surface area contributed by atoms with Gasteiger partial charge in [-0.25, -0.2) is 0 Å². The maximum absolute atomic E-state index is 12.8. The second-order valence-corrected chi connectivity index (χ2v) is 8.73. The largest absolute Gasteiger partial charge is 0.348 e. The topological polar surface area (TPSA) is 49.4 Å². The van der Waals surface area contributed by atoms with E-state index in [9.17, 15) is 9.59 Å². The molecule has 1 N–H and O–H groups in total. The number of nitrogens with zero attached hydrogens (tertiary/aromatic N) is 1. The number of hydrogen-bond acceptors (Lipinski definition) is 2. The van der Waals surface area contributed by atoms with Gasteiger partial charge < -0.3 is 5.32 Å². The van der Waals surface area contributed by atoms with Crippen LogP contribution < -0.4 is 10.2 Å². The van der Waals surface area contributed by atoms with E-state index in [1.807, 2.05) is 43.3 Å². The van der Waals surface area contributed by atoms with Gasteiger partial charge in [0.1, 0.15) is 6.54 Å². The van der Waals surface area contributed by atoms with E-state index in [0.717, 1.165) is 22.0 Å². The van der Waals surface area contributed by atoms with Crippen molar-refractivity contribution < 1.29 is 9.59 Å². The Balaban J connectivity index is 1.48. The molecule has 0 aromatic heterocycles. The number of anilines is 1. The minimum absolute atomic E-state index is 0.0110. The molecule has 1 aliphatic heterocycles. The summed E-state index contributed by atoms with van der Waals surface area (Å²) in [6, 6.07) is 19.7. The van der Waals surface area contributed by atoms with Crippen molar-refractivity contribution in [3.05, 3.63) is 77.4 Å². The molecule has 0 radical (unpaired) electrons. The predicted octanol–water partition coefficient (Wildman–Crippen LogP) is 4.97. The van der Waals surface area contributed by atoms with Crippen molar-refractivity contribution in [2.24, 2.45) is 0 Å². The maximum atomic E-state index is 12.8. The van der Waals surface area contributed by atoms with Gasteiger partial charge in [0.2, 0.25) is 5.91 Å². The third kappa shape index (κ3) is 3.51. The fourth-order valence-corrected chi connectivity index (χ4v) is 3.92. The zero-order valence-corrected chi connectivity index (χ0v) is 17.3. The molecular weight excluding hydrogens is 360 g/mol. The average Bonchev–Trinajstić information content (AvgIpc) is 2.95. The van der Waals surface area contributed by atoms with Crippen LogP contribution in [0.3, 0.4) is 0 Å². The molecule has 0 fully saturated rings. The van der Waals surface area contributed by atoms with Gasteiger partial charge in [0.05, 0.1) is 11.7 Å². The maximum Gasteiger partial charge on any atom is 0.259 e. The van der Waals surface area contributed by atoms with Gasteiger partial charge in [-0.3, -0.25) is 14.5 Å². The summed E-state index contributed by atoms with van der Waals surface area (Å²) in [5.74, 6) is -0.287. The van der Waals surface area contributed by atoms with E-state index >= 15 is 0 Å². The Morgan fingerprint density at radius 2 is 1.66 bits per heavy atom. The monoisotopic (exact) mass is 386 g/mol. The van der Waals surface area contributed by atoms with Crippen LogP contribution in [0, 0.1) is 0 Å². The molecule has 2 amide bonds. The van der Waals surface area contributed by atoms with Gasteiger partial charge in [-0.05, 0) is 41.0 Å². The third-order valence-electron chi connectivity index (χ3n) is 5.60. The van der Waals surface area contributed by atoms with Crippen molar-refractivity contribution in [2.45, 2.75) is 39.2 Å². The van der Waals surface area contributed by atoms with E-state index in [1.54, 1.807) is 4.90 Å². The second kappa shape index (κ2) is 7.03. The molecule has 4 heteroatoms. The second-order valence-electron chi connectivity index (χ2n) is 8.73. The lowest BCUT2D eigenvalue weighted by Crippen LogP contribution is -2.39. The summed E-state index contributed by atoms with van der Waals surface area (Å²) in [7, 11) is 0. The van der Waals surface area contributed by atoms with Crippen LogP contribution in [0.1, 0.15) is 55.2 Å². The van der Waals surface area contributed by atoms with E-state index < -0.39 is 0 Å². The molecule has 4 nitrogen and oxygen atoms in total. The molecule has 3 aromatic carbocycles. The average molecular weight is 386 g/mol. The summed E-state index contributed by atoms with van der Waals surface area (Å²) in [5.41, 5.74) is 3.87. The first-order valence-corrected chi connectivity index (χ1v) is 9.99. The highest BCUT2D eigenvalue weighted by Gasteiger charge is 2.31. The number of benzene rings is 3. The van der Waals surface area contributed by atoms with E-state index in [0.29, 0.717) is 5.56 Å². The summed E-state index contributed by atoms with van der Waals surface area (Å²) in [4.78, 5) is 27.1. The van der Waals surface area contributed by atoms with Gasteiger partial charge in [-0.1, -0.05) is 69.3 Å². The molecule has 0 saturated heterocycles. The molecule has 4 rings (SSSR count). The smallest absolute Gasteiger partial charge is 0.259 e. The van der Waals surface area contributed by atoms with E-state index in [4.69, 9.17) is 0 Å². The van der Waals surface area contributed by atoms with E-state index in [-0.39, 0.29) is 29.8 Å². The van der Waals surface area contributed by atoms with Crippen LogP contribution in [0.2, 0.25) is 0 Å². The highest BCUT2D eigenvalue weighted by molar-refractivity contribution is 6.26. The standard InChI is InChI=1S/C25H26N2O2/c1-16(17-11-13-19(14-12-17)25(2,3)4)26-22(28)15-27-21-10-6-8-18-7-5-9-20(23(18)21)24(27)29/h5-14,16H,15H2,1-4H3,(H,26,28). The van der Waals surface area contributed by atoms with Gasteiger partial charge >= 0.3 is 0 Å². The molecule has 0 spiro atoms. The Hall–Kier alpha value is -3.14. The minimum Gasteiger partial charge on any atom is -0.348 e. The quantitative estimate of drug-likeness (QED) is 0.688. The Bertz CT molecular complexity index is 1090. The molecule has 0 aliphatic carbocycles. The van der Waals surface area contributed by atoms with Crippen molar-refractivity contribution in [1.29, 1.82) is 0 Å². The zero-order valence-electron chi connectivity index (χ0n) is 17.3. The molecule has 0 saturated carbocycles. The number of rotatable bonds is 4. The number of amides is 2. The van der Waals surface area contributed by atoms with Crippen LogP contribution in [0.4, 0.5) is 5.69 Å². The fraction of sp³-hybridized carbons (Fsp3) is 0.280. The van der Waals surface area contributed by atoms with Gasteiger partial charge in [-0.15, -0.1) is 0 Å². The van der Waals surface area contributed by atoms with Crippen molar-refractivity contribution in [3.8, 4) is 0 Å². The first-order valence-electron chi connectivity index (χ1n) is 9.99. The SMILES string of the molecule is CC(NC(=O)CN1C(=O)c2cccc3cccc1c23)c1ccc(C(C)(C)C)cc1. The molecule has 148 valence electrons.